The summed E-state index contributed by atoms with van der Waals surface area (Å²) >= 11 is 17.3. The lowest BCUT2D eigenvalue weighted by atomic mass is 9.84. The molecule has 0 radical (unpaired) electrons. The molecule has 3 saturated heterocycles. The Kier molecular flexibility index (Phi) is 9.83. The van der Waals surface area contributed by atoms with Crippen LogP contribution in [0, 0.1) is 5.92 Å². The van der Waals surface area contributed by atoms with Gasteiger partial charge in [-0.05, 0) is 48.2 Å². The van der Waals surface area contributed by atoms with Gasteiger partial charge in [0.2, 0.25) is 5.91 Å². The van der Waals surface area contributed by atoms with E-state index in [9.17, 15) is 14.7 Å². The molecule has 3 aromatic rings. The first-order valence-electron chi connectivity index (χ1n) is 15.4. The molecule has 12 heteroatoms. The fraction of sp³-hybridized carbons (Fsp3) is 0.412. The fourth-order valence-electron chi connectivity index (χ4n) is 6.69. The van der Waals surface area contributed by atoms with Crippen LogP contribution in [-0.4, -0.2) is 63.6 Å². The van der Waals surface area contributed by atoms with Gasteiger partial charge >= 0.3 is 0 Å². The quantitative estimate of drug-likeness (QED) is 0.274. The van der Waals surface area contributed by atoms with Crippen LogP contribution < -0.4 is 15.5 Å². The molecule has 1 spiro atoms. The number of hydrogen-bond acceptors (Lipinski definition) is 7. The number of amides is 2. The van der Waals surface area contributed by atoms with Crippen LogP contribution in [0.4, 0.5) is 11.4 Å². The van der Waals surface area contributed by atoms with Gasteiger partial charge in [-0.15, -0.1) is 0 Å². The molecule has 0 aliphatic carbocycles. The number of rotatable bonds is 7. The van der Waals surface area contributed by atoms with Crippen LogP contribution in [0.15, 0.2) is 78.9 Å². The summed E-state index contributed by atoms with van der Waals surface area (Å²) in [6.45, 7) is 4.71. The van der Waals surface area contributed by atoms with Crippen LogP contribution in [0.2, 0.25) is 0 Å². The van der Waals surface area contributed by atoms with Crippen molar-refractivity contribution in [3.05, 3.63) is 95.6 Å². The molecule has 3 aliphatic rings. The van der Waals surface area contributed by atoms with E-state index < -0.39 is 21.5 Å². The number of ether oxygens (including phenoxy) is 2. The Balaban J connectivity index is 1.21. The number of likely N-dealkylation sites (tertiary alicyclic amines) is 1. The van der Waals surface area contributed by atoms with Crippen molar-refractivity contribution in [2.24, 2.45) is 5.92 Å². The van der Waals surface area contributed by atoms with E-state index in [4.69, 9.17) is 44.3 Å². The minimum atomic E-state index is -2.11. The molecule has 244 valence electrons. The van der Waals surface area contributed by atoms with Crippen molar-refractivity contribution < 1.29 is 24.2 Å². The molecule has 0 unspecified atom stereocenters. The summed E-state index contributed by atoms with van der Waals surface area (Å²) in [5, 5.41) is 15.3. The molecule has 3 heterocycles. The third kappa shape index (κ3) is 6.87. The molecule has 3 fully saturated rings. The van der Waals surface area contributed by atoms with Crippen LogP contribution in [0.5, 0.6) is 0 Å². The number of nitrogens with one attached hydrogen (secondary N) is 2. The van der Waals surface area contributed by atoms with Crippen LogP contribution >= 0.6 is 34.8 Å². The minimum Gasteiger partial charge on any atom is -0.392 e. The number of carbonyl (C=O) groups excluding carboxylic acids is 2. The van der Waals surface area contributed by atoms with E-state index in [0.29, 0.717) is 37.3 Å². The molecule has 3 N–H and O–H groups in total. The SMILES string of the molecule is C[C@@H]1[C@H](CN2CCC3(CC2)C(=O)NCN3c2ccccc2)O[C@H](c2cccc(NC(=O)C(Cl)(Cl)Cl)c2)O[C@@H]1c1ccc(CO)cc1. The van der Waals surface area contributed by atoms with Gasteiger partial charge in [-0.1, -0.05) is 96.3 Å². The first kappa shape index (κ1) is 33.0. The average Bonchev–Trinajstić information content (AvgIpc) is 3.37. The molecule has 3 aromatic carbocycles. The summed E-state index contributed by atoms with van der Waals surface area (Å²) in [6.07, 6.45) is 0.148. The van der Waals surface area contributed by atoms with Crippen molar-refractivity contribution in [2.75, 3.05) is 36.5 Å². The summed E-state index contributed by atoms with van der Waals surface area (Å²) in [6, 6.07) is 24.9. The van der Waals surface area contributed by atoms with Crippen LogP contribution in [0.25, 0.3) is 0 Å². The Hall–Kier alpha value is -2.89. The molecular weight excluding hydrogens is 651 g/mol. The smallest absolute Gasteiger partial charge is 0.276 e. The molecule has 9 nitrogen and oxygen atoms in total. The highest BCUT2D eigenvalue weighted by Gasteiger charge is 2.51. The van der Waals surface area contributed by atoms with Gasteiger partial charge in [0, 0.05) is 42.5 Å². The largest absolute Gasteiger partial charge is 0.392 e. The number of halogens is 3. The zero-order chi connectivity index (χ0) is 32.5. The number of alkyl halides is 3. The number of carbonyl (C=O) groups is 2. The number of piperidine rings is 1. The second-order valence-corrected chi connectivity index (χ2v) is 14.4. The minimum absolute atomic E-state index is 0.0186. The van der Waals surface area contributed by atoms with Gasteiger partial charge in [0.1, 0.15) is 5.54 Å². The predicted octanol–water partition coefficient (Wildman–Crippen LogP) is 5.71. The molecule has 46 heavy (non-hydrogen) atoms. The maximum Gasteiger partial charge on any atom is 0.276 e. The summed E-state index contributed by atoms with van der Waals surface area (Å²) in [7, 11) is 0. The van der Waals surface area contributed by atoms with Gasteiger partial charge in [0.15, 0.2) is 6.29 Å². The highest BCUT2D eigenvalue weighted by molar-refractivity contribution is 6.76. The maximum absolute atomic E-state index is 13.2. The Morgan fingerprint density at radius 2 is 1.72 bits per heavy atom. The lowest BCUT2D eigenvalue weighted by molar-refractivity contribution is -0.276. The summed E-state index contributed by atoms with van der Waals surface area (Å²) in [4.78, 5) is 30.1. The highest BCUT2D eigenvalue weighted by atomic mass is 35.6. The monoisotopic (exact) mass is 686 g/mol. The molecule has 6 rings (SSSR count). The van der Waals surface area contributed by atoms with Gasteiger partial charge in [0.25, 0.3) is 9.70 Å². The van der Waals surface area contributed by atoms with E-state index in [0.717, 1.165) is 29.9 Å². The molecular formula is C34H37Cl3N4O5. The molecule has 0 aromatic heterocycles. The van der Waals surface area contributed by atoms with Crippen LogP contribution in [-0.2, 0) is 25.7 Å². The topological polar surface area (TPSA) is 103 Å². The zero-order valence-corrected chi connectivity index (χ0v) is 27.6. The van der Waals surface area contributed by atoms with Crippen molar-refractivity contribution in [1.82, 2.24) is 10.2 Å². The van der Waals surface area contributed by atoms with Crippen molar-refractivity contribution in [3.63, 3.8) is 0 Å². The van der Waals surface area contributed by atoms with Gasteiger partial charge < -0.3 is 35.0 Å². The van der Waals surface area contributed by atoms with Crippen molar-refractivity contribution in [1.29, 1.82) is 0 Å². The summed E-state index contributed by atoms with van der Waals surface area (Å²) < 4.78 is 11.1. The number of benzene rings is 3. The Morgan fingerprint density at radius 1 is 1.00 bits per heavy atom. The number of aliphatic hydroxyl groups excluding tert-OH is 1. The second-order valence-electron chi connectivity index (χ2n) is 12.2. The van der Waals surface area contributed by atoms with E-state index in [2.05, 4.69) is 39.5 Å². The predicted molar refractivity (Wildman–Crippen MR) is 179 cm³/mol. The first-order valence-corrected chi connectivity index (χ1v) is 16.5. The lowest BCUT2D eigenvalue weighted by Gasteiger charge is -2.46. The van der Waals surface area contributed by atoms with Crippen LogP contribution in [0.1, 0.15) is 48.8 Å². The zero-order valence-electron chi connectivity index (χ0n) is 25.4. The number of nitrogens with zero attached hydrogens (tertiary/aromatic N) is 2. The van der Waals surface area contributed by atoms with E-state index in [1.165, 1.54) is 0 Å². The van der Waals surface area contributed by atoms with E-state index in [-0.39, 0.29) is 30.6 Å². The van der Waals surface area contributed by atoms with Gasteiger partial charge in [-0.3, -0.25) is 9.59 Å². The number of hydrogen-bond donors (Lipinski definition) is 3. The molecule has 3 aliphatic heterocycles. The van der Waals surface area contributed by atoms with E-state index in [1.807, 2.05) is 48.5 Å². The fourth-order valence-corrected chi connectivity index (χ4v) is 6.83. The van der Waals surface area contributed by atoms with E-state index in [1.54, 1.807) is 18.2 Å². The Morgan fingerprint density at radius 3 is 2.39 bits per heavy atom. The number of para-hydroxylation sites is 1. The van der Waals surface area contributed by atoms with Gasteiger partial charge in [-0.2, -0.15) is 0 Å². The third-order valence-electron chi connectivity index (χ3n) is 9.32. The van der Waals surface area contributed by atoms with E-state index >= 15 is 0 Å². The highest BCUT2D eigenvalue weighted by Crippen LogP contribution is 2.43. The van der Waals surface area contributed by atoms with Crippen molar-refractivity contribution >= 4 is 58.0 Å². The molecule has 0 saturated carbocycles. The first-order chi connectivity index (χ1) is 22.1. The molecule has 2 amide bonds. The lowest BCUT2D eigenvalue weighted by Crippen LogP contribution is -2.57. The maximum atomic E-state index is 13.2. The average molecular weight is 688 g/mol. The molecule has 4 atom stereocenters. The second kappa shape index (κ2) is 13.7. The van der Waals surface area contributed by atoms with Gasteiger partial charge in [0.05, 0.1) is 25.5 Å². The van der Waals surface area contributed by atoms with Gasteiger partial charge in [-0.25, -0.2) is 0 Å². The van der Waals surface area contributed by atoms with Crippen molar-refractivity contribution in [3.8, 4) is 0 Å². The normalized spacial score (nSPS) is 25.0. The summed E-state index contributed by atoms with van der Waals surface area (Å²) in [5.74, 6) is -0.701. The summed E-state index contributed by atoms with van der Waals surface area (Å²) in [5.41, 5.74) is 3.41. The third-order valence-corrected chi connectivity index (χ3v) is 9.84. The Bertz CT molecular complexity index is 1530. The number of aliphatic hydroxyl groups is 1. The van der Waals surface area contributed by atoms with Crippen LogP contribution in [0.3, 0.4) is 0 Å². The standard InChI is InChI=1S/C34H37Cl3N4O5/c1-22-28(19-40-16-14-33(15-17-40)31(43)38-21-41(33)27-8-3-2-4-9-27)45-30(46-29(22)24-12-10-23(20-42)11-13-24)25-6-5-7-26(18-25)39-32(44)34(35,36)37/h2-13,18,22,28-30,42H,14-17,19-21H2,1H3,(H,38,43)(H,39,44)/t22-,28+,29+,30+/m1/s1. The van der Waals surface area contributed by atoms with Crippen molar-refractivity contribution in [2.45, 2.75) is 54.2 Å². The number of anilines is 2. The molecule has 0 bridgehead atoms. The Labute approximate surface area is 283 Å².